The first kappa shape index (κ1) is 20.0. The second kappa shape index (κ2) is 8.52. The van der Waals surface area contributed by atoms with Crippen molar-refractivity contribution in [1.82, 2.24) is 19.1 Å². The van der Waals surface area contributed by atoms with Crippen LogP contribution >= 0.6 is 0 Å². The average molecular weight is 388 g/mol. The minimum Gasteiger partial charge on any atom is -0.329 e. The van der Waals surface area contributed by atoms with Gasteiger partial charge in [0.2, 0.25) is 0 Å². The van der Waals surface area contributed by atoms with Crippen LogP contribution in [0.1, 0.15) is 38.1 Å². The van der Waals surface area contributed by atoms with E-state index in [1.54, 1.807) is 29.8 Å². The van der Waals surface area contributed by atoms with E-state index in [0.717, 1.165) is 25.9 Å². The highest BCUT2D eigenvalue weighted by molar-refractivity contribution is 5.71. The van der Waals surface area contributed by atoms with Crippen LogP contribution < -0.4 is 16.1 Å². The van der Waals surface area contributed by atoms with Crippen LogP contribution in [0.25, 0.3) is 11.2 Å². The zero-order valence-electron chi connectivity index (χ0n) is 16.6. The van der Waals surface area contributed by atoms with Gasteiger partial charge in [0, 0.05) is 12.6 Å². The molecule has 1 aromatic carbocycles. The van der Waals surface area contributed by atoms with E-state index >= 15 is 0 Å². The van der Waals surface area contributed by atoms with Gasteiger partial charge >= 0.3 is 5.69 Å². The van der Waals surface area contributed by atoms with Crippen molar-refractivity contribution in [1.29, 1.82) is 0 Å². The third kappa shape index (κ3) is 3.91. The molecule has 0 fully saturated rings. The molecule has 0 radical (unpaired) electrons. The van der Waals surface area contributed by atoms with E-state index in [-0.39, 0.29) is 12.4 Å². The Morgan fingerprint density at radius 1 is 1.21 bits per heavy atom. The molecular weight excluding hydrogens is 361 g/mol. The summed E-state index contributed by atoms with van der Waals surface area (Å²) in [5.74, 6) is 0.347. The number of hydrogen-bond acceptors (Lipinski definition) is 3. The molecule has 3 aromatic rings. The standard InChI is InChI=1S/C20H26FN5O2/c1-4-6-11-25(5-2)13-16-22-18-17(19(27)23-20(28)24(18)3)26(16)12-14-9-7-8-10-15(14)21/h7-10H,4-6,11-13H2,1-3H3,(H,23,27,28)/p+1. The maximum absolute atomic E-state index is 14.3. The van der Waals surface area contributed by atoms with E-state index in [9.17, 15) is 14.0 Å². The van der Waals surface area contributed by atoms with Crippen molar-refractivity contribution in [3.8, 4) is 0 Å². The predicted molar refractivity (Wildman–Crippen MR) is 106 cm³/mol. The van der Waals surface area contributed by atoms with Gasteiger partial charge in [0.15, 0.2) is 17.0 Å². The third-order valence-electron chi connectivity index (χ3n) is 5.16. The molecule has 8 heteroatoms. The SMILES string of the molecule is CCCC[NH+](CC)Cc1nc2c(c(=O)[nH]c(=O)n2C)n1Cc1ccccc1F. The quantitative estimate of drug-likeness (QED) is 0.600. The molecular formula is C20H27FN5O2+. The summed E-state index contributed by atoms with van der Waals surface area (Å²) in [6.45, 7) is 6.95. The monoisotopic (exact) mass is 388 g/mol. The molecule has 1 unspecified atom stereocenters. The Labute approximate surface area is 162 Å². The molecule has 7 nitrogen and oxygen atoms in total. The van der Waals surface area contributed by atoms with Gasteiger partial charge in [-0.05, 0) is 19.4 Å². The van der Waals surface area contributed by atoms with Crippen LogP contribution in [0.15, 0.2) is 33.9 Å². The number of H-pyrrole nitrogens is 1. The summed E-state index contributed by atoms with van der Waals surface area (Å²) in [6, 6.07) is 6.50. The summed E-state index contributed by atoms with van der Waals surface area (Å²) in [7, 11) is 1.58. The van der Waals surface area contributed by atoms with Gasteiger partial charge in [0.25, 0.3) is 5.56 Å². The Hall–Kier alpha value is -2.74. The first-order valence-corrected chi connectivity index (χ1v) is 9.71. The number of imidazole rings is 1. The van der Waals surface area contributed by atoms with Crippen LogP contribution in [-0.2, 0) is 20.1 Å². The fraction of sp³-hybridized carbons (Fsp3) is 0.450. The van der Waals surface area contributed by atoms with Crippen molar-refractivity contribution in [3.63, 3.8) is 0 Å². The van der Waals surface area contributed by atoms with Crippen molar-refractivity contribution < 1.29 is 9.29 Å². The van der Waals surface area contributed by atoms with E-state index in [1.807, 2.05) is 0 Å². The van der Waals surface area contributed by atoms with Crippen molar-refractivity contribution in [3.05, 3.63) is 62.3 Å². The van der Waals surface area contributed by atoms with Gasteiger partial charge in [-0.1, -0.05) is 31.5 Å². The molecule has 0 spiro atoms. The maximum Gasteiger partial charge on any atom is 0.329 e. The van der Waals surface area contributed by atoms with Gasteiger partial charge in [0.1, 0.15) is 12.4 Å². The number of halogens is 1. The molecule has 0 saturated carbocycles. The predicted octanol–water partition coefficient (Wildman–Crippen LogP) is 0.816. The smallest absolute Gasteiger partial charge is 0.329 e. The zero-order valence-corrected chi connectivity index (χ0v) is 16.6. The molecule has 0 aliphatic heterocycles. The molecule has 3 rings (SSSR count). The zero-order chi connectivity index (χ0) is 20.3. The number of fused-ring (bicyclic) bond motifs is 1. The molecule has 2 heterocycles. The lowest BCUT2D eigenvalue weighted by Gasteiger charge is -2.18. The van der Waals surface area contributed by atoms with Gasteiger partial charge in [0.05, 0.1) is 19.6 Å². The van der Waals surface area contributed by atoms with E-state index in [4.69, 9.17) is 0 Å². The molecule has 0 saturated heterocycles. The topological polar surface area (TPSA) is 77.1 Å². The number of aromatic nitrogens is 4. The summed E-state index contributed by atoms with van der Waals surface area (Å²) >= 11 is 0. The Morgan fingerprint density at radius 2 is 1.96 bits per heavy atom. The summed E-state index contributed by atoms with van der Waals surface area (Å²) in [6.07, 6.45) is 2.19. The lowest BCUT2D eigenvalue weighted by molar-refractivity contribution is -0.913. The number of aryl methyl sites for hydroxylation is 1. The molecule has 2 N–H and O–H groups in total. The minimum absolute atomic E-state index is 0.185. The molecule has 28 heavy (non-hydrogen) atoms. The number of rotatable bonds is 8. The Kier molecular flexibility index (Phi) is 6.08. The van der Waals surface area contributed by atoms with Crippen molar-refractivity contribution in [2.24, 2.45) is 7.05 Å². The number of quaternary nitrogens is 1. The molecule has 0 amide bonds. The second-order valence-corrected chi connectivity index (χ2v) is 7.08. The van der Waals surface area contributed by atoms with Crippen LogP contribution in [-0.4, -0.2) is 32.2 Å². The van der Waals surface area contributed by atoms with Crippen molar-refractivity contribution in [2.75, 3.05) is 13.1 Å². The van der Waals surface area contributed by atoms with Gasteiger partial charge in [-0.25, -0.2) is 14.2 Å². The number of hydrogen-bond donors (Lipinski definition) is 2. The molecule has 0 aliphatic carbocycles. The summed E-state index contributed by atoms with van der Waals surface area (Å²) < 4.78 is 17.3. The minimum atomic E-state index is -0.509. The van der Waals surface area contributed by atoms with Crippen LogP contribution in [0.4, 0.5) is 4.39 Å². The summed E-state index contributed by atoms with van der Waals surface area (Å²) in [5.41, 5.74) is 0.0882. The first-order valence-electron chi connectivity index (χ1n) is 9.71. The Balaban J connectivity index is 2.14. The molecule has 0 bridgehead atoms. The number of unbranched alkanes of at least 4 members (excludes halogenated alkanes) is 1. The molecule has 2 aromatic heterocycles. The Bertz CT molecular complexity index is 1080. The summed E-state index contributed by atoms with van der Waals surface area (Å²) in [5, 5.41) is 0. The number of benzene rings is 1. The van der Waals surface area contributed by atoms with Gasteiger partial charge in [-0.3, -0.25) is 14.3 Å². The molecule has 0 aliphatic rings. The van der Waals surface area contributed by atoms with Crippen molar-refractivity contribution >= 4 is 11.2 Å². The maximum atomic E-state index is 14.3. The number of nitrogens with one attached hydrogen (secondary N) is 2. The van der Waals surface area contributed by atoms with Crippen LogP contribution in [0.5, 0.6) is 0 Å². The van der Waals surface area contributed by atoms with E-state index in [2.05, 4.69) is 23.8 Å². The highest BCUT2D eigenvalue weighted by atomic mass is 19.1. The summed E-state index contributed by atoms with van der Waals surface area (Å²) in [4.78, 5) is 32.8. The van der Waals surface area contributed by atoms with Gasteiger partial charge in [-0.15, -0.1) is 0 Å². The van der Waals surface area contributed by atoms with Crippen LogP contribution in [0.2, 0.25) is 0 Å². The highest BCUT2D eigenvalue weighted by Crippen LogP contribution is 2.15. The van der Waals surface area contributed by atoms with E-state index < -0.39 is 11.2 Å². The van der Waals surface area contributed by atoms with Crippen molar-refractivity contribution in [2.45, 2.75) is 39.8 Å². The second-order valence-electron chi connectivity index (χ2n) is 7.08. The fourth-order valence-electron chi connectivity index (χ4n) is 3.42. The normalized spacial score (nSPS) is 12.6. The first-order chi connectivity index (χ1) is 13.5. The molecule has 150 valence electrons. The molecule has 1 atom stereocenters. The van der Waals surface area contributed by atoms with Gasteiger partial charge < -0.3 is 9.47 Å². The number of aromatic amines is 1. The Morgan fingerprint density at radius 3 is 2.64 bits per heavy atom. The van der Waals surface area contributed by atoms with Gasteiger partial charge in [-0.2, -0.15) is 0 Å². The lowest BCUT2D eigenvalue weighted by Crippen LogP contribution is -3.10. The van der Waals surface area contributed by atoms with E-state index in [1.165, 1.54) is 15.5 Å². The lowest BCUT2D eigenvalue weighted by atomic mass is 10.2. The fourth-order valence-corrected chi connectivity index (χ4v) is 3.42. The largest absolute Gasteiger partial charge is 0.329 e. The highest BCUT2D eigenvalue weighted by Gasteiger charge is 2.21. The number of nitrogens with zero attached hydrogens (tertiary/aromatic N) is 3. The third-order valence-corrected chi connectivity index (χ3v) is 5.16. The average Bonchev–Trinajstić information content (AvgIpc) is 3.03. The van der Waals surface area contributed by atoms with Crippen LogP contribution in [0.3, 0.4) is 0 Å². The van der Waals surface area contributed by atoms with Crippen LogP contribution in [0, 0.1) is 5.82 Å². The van der Waals surface area contributed by atoms with E-state index in [0.29, 0.717) is 29.1 Å².